The summed E-state index contributed by atoms with van der Waals surface area (Å²) >= 11 is 1.41. The van der Waals surface area contributed by atoms with Crippen molar-refractivity contribution in [1.82, 2.24) is 9.97 Å². The van der Waals surface area contributed by atoms with Gasteiger partial charge in [0, 0.05) is 17.4 Å². The highest BCUT2D eigenvalue weighted by atomic mass is 32.2. The van der Waals surface area contributed by atoms with E-state index in [1.165, 1.54) is 11.8 Å². The van der Waals surface area contributed by atoms with Gasteiger partial charge in [0.15, 0.2) is 11.5 Å². The van der Waals surface area contributed by atoms with Crippen LogP contribution in [0.25, 0.3) is 0 Å². The van der Waals surface area contributed by atoms with Crippen molar-refractivity contribution in [3.05, 3.63) is 35.8 Å². The Morgan fingerprint density at radius 2 is 2.00 bits per heavy atom. The number of hydrogen-bond donors (Lipinski definition) is 1. The van der Waals surface area contributed by atoms with Crippen molar-refractivity contribution in [2.24, 2.45) is 0 Å². The third kappa shape index (κ3) is 3.73. The fourth-order valence-electron chi connectivity index (χ4n) is 2.20. The minimum atomic E-state index is -0.283. The number of anilines is 1. The Balaban J connectivity index is 1.65. The Kier molecular flexibility index (Phi) is 4.38. The van der Waals surface area contributed by atoms with E-state index in [1.54, 1.807) is 18.2 Å². The number of aryl methyl sites for hydroxylation is 2. The molecule has 1 aromatic carbocycles. The molecule has 0 fully saturated rings. The Bertz CT molecular complexity index is 731. The standard InChI is InChI=1S/C16H17N3O3S/c1-9-6-15(18-11(3)17-9)23-10(2)16(20)19-12-4-5-13-14(7-12)22-8-21-13/h4-7,10H,8H2,1-3H3,(H,19,20). The lowest BCUT2D eigenvalue weighted by atomic mass is 10.2. The van der Waals surface area contributed by atoms with Gasteiger partial charge in [-0.25, -0.2) is 9.97 Å². The number of amides is 1. The quantitative estimate of drug-likeness (QED) is 0.686. The number of nitrogens with zero attached hydrogens (tertiary/aromatic N) is 2. The molecule has 1 aromatic heterocycles. The number of hydrogen-bond acceptors (Lipinski definition) is 6. The third-order valence-electron chi connectivity index (χ3n) is 3.25. The fraction of sp³-hybridized carbons (Fsp3) is 0.312. The summed E-state index contributed by atoms with van der Waals surface area (Å²) in [6.45, 7) is 5.82. The average Bonchev–Trinajstić information content (AvgIpc) is 2.93. The van der Waals surface area contributed by atoms with Gasteiger partial charge in [-0.1, -0.05) is 11.8 Å². The van der Waals surface area contributed by atoms with Crippen LogP contribution in [0.1, 0.15) is 18.4 Å². The molecule has 0 radical (unpaired) electrons. The zero-order valence-corrected chi connectivity index (χ0v) is 13.9. The van der Waals surface area contributed by atoms with Gasteiger partial charge in [-0.05, 0) is 39.0 Å². The molecule has 0 saturated heterocycles. The molecular weight excluding hydrogens is 314 g/mol. The lowest BCUT2D eigenvalue weighted by Crippen LogP contribution is -2.22. The summed E-state index contributed by atoms with van der Waals surface area (Å²) in [6, 6.07) is 7.22. The first kappa shape index (κ1) is 15.6. The maximum atomic E-state index is 12.3. The van der Waals surface area contributed by atoms with E-state index < -0.39 is 0 Å². The maximum absolute atomic E-state index is 12.3. The molecule has 120 valence electrons. The topological polar surface area (TPSA) is 73.3 Å². The van der Waals surface area contributed by atoms with Crippen molar-refractivity contribution in [3.63, 3.8) is 0 Å². The second-order valence-corrected chi connectivity index (χ2v) is 6.57. The van der Waals surface area contributed by atoms with Gasteiger partial charge in [0.2, 0.25) is 12.7 Å². The summed E-state index contributed by atoms with van der Waals surface area (Å²) in [6.07, 6.45) is 0. The molecule has 3 rings (SSSR count). The van der Waals surface area contributed by atoms with Gasteiger partial charge in [-0.2, -0.15) is 0 Å². The molecule has 0 bridgehead atoms. The average molecular weight is 331 g/mol. The predicted octanol–water partition coefficient (Wildman–Crippen LogP) is 2.94. The molecule has 0 saturated carbocycles. The Morgan fingerprint density at radius 3 is 2.78 bits per heavy atom. The molecule has 2 aromatic rings. The summed E-state index contributed by atoms with van der Waals surface area (Å²) in [5, 5.41) is 3.39. The number of rotatable bonds is 4. The lowest BCUT2D eigenvalue weighted by molar-refractivity contribution is -0.115. The molecule has 1 aliphatic rings. The van der Waals surface area contributed by atoms with E-state index in [1.807, 2.05) is 26.8 Å². The fourth-order valence-corrected chi connectivity index (χ4v) is 3.15. The van der Waals surface area contributed by atoms with Crippen LogP contribution in [0.2, 0.25) is 0 Å². The number of ether oxygens (including phenoxy) is 2. The first-order chi connectivity index (χ1) is 11.0. The Morgan fingerprint density at radius 1 is 1.22 bits per heavy atom. The molecule has 1 amide bonds. The minimum Gasteiger partial charge on any atom is -0.454 e. The predicted molar refractivity (Wildman–Crippen MR) is 88.0 cm³/mol. The van der Waals surface area contributed by atoms with Gasteiger partial charge in [-0.3, -0.25) is 4.79 Å². The second kappa shape index (κ2) is 6.45. The van der Waals surface area contributed by atoms with Gasteiger partial charge in [0.05, 0.1) is 5.25 Å². The molecular formula is C16H17N3O3S. The van der Waals surface area contributed by atoms with E-state index in [0.717, 1.165) is 10.7 Å². The van der Waals surface area contributed by atoms with Crippen molar-refractivity contribution >= 4 is 23.4 Å². The van der Waals surface area contributed by atoms with Crippen LogP contribution in [0, 0.1) is 13.8 Å². The summed E-state index contributed by atoms with van der Waals surface area (Å²) in [4.78, 5) is 20.9. The van der Waals surface area contributed by atoms with Crippen molar-refractivity contribution in [3.8, 4) is 11.5 Å². The van der Waals surface area contributed by atoms with E-state index in [2.05, 4.69) is 15.3 Å². The van der Waals surface area contributed by atoms with Crippen molar-refractivity contribution < 1.29 is 14.3 Å². The smallest absolute Gasteiger partial charge is 0.237 e. The normalized spacial score (nSPS) is 13.7. The second-order valence-electron chi connectivity index (χ2n) is 5.21. The summed E-state index contributed by atoms with van der Waals surface area (Å²) in [5.74, 6) is 1.95. The summed E-state index contributed by atoms with van der Waals surface area (Å²) in [5.41, 5.74) is 1.57. The minimum absolute atomic E-state index is 0.0946. The van der Waals surface area contributed by atoms with Crippen LogP contribution in [0.5, 0.6) is 11.5 Å². The largest absolute Gasteiger partial charge is 0.454 e. The van der Waals surface area contributed by atoms with E-state index in [-0.39, 0.29) is 18.0 Å². The van der Waals surface area contributed by atoms with Gasteiger partial charge >= 0.3 is 0 Å². The zero-order chi connectivity index (χ0) is 16.4. The third-order valence-corrected chi connectivity index (χ3v) is 4.27. The van der Waals surface area contributed by atoms with Gasteiger partial charge in [0.1, 0.15) is 10.9 Å². The van der Waals surface area contributed by atoms with Crippen molar-refractivity contribution in [2.45, 2.75) is 31.0 Å². The molecule has 7 heteroatoms. The molecule has 0 spiro atoms. The number of fused-ring (bicyclic) bond motifs is 1. The number of thioether (sulfide) groups is 1. The van der Waals surface area contributed by atoms with E-state index in [0.29, 0.717) is 23.0 Å². The highest BCUT2D eigenvalue weighted by molar-refractivity contribution is 8.00. The number of carbonyl (C=O) groups is 1. The monoisotopic (exact) mass is 331 g/mol. The highest BCUT2D eigenvalue weighted by Crippen LogP contribution is 2.34. The Hall–Kier alpha value is -2.28. The lowest BCUT2D eigenvalue weighted by Gasteiger charge is -2.12. The number of carbonyl (C=O) groups excluding carboxylic acids is 1. The molecule has 1 N–H and O–H groups in total. The van der Waals surface area contributed by atoms with Crippen LogP contribution in [0.3, 0.4) is 0 Å². The van der Waals surface area contributed by atoms with E-state index in [4.69, 9.17) is 9.47 Å². The maximum Gasteiger partial charge on any atom is 0.237 e. The van der Waals surface area contributed by atoms with Crippen LogP contribution in [0.15, 0.2) is 29.3 Å². The molecule has 23 heavy (non-hydrogen) atoms. The highest BCUT2D eigenvalue weighted by Gasteiger charge is 2.18. The van der Waals surface area contributed by atoms with Crippen LogP contribution < -0.4 is 14.8 Å². The summed E-state index contributed by atoms with van der Waals surface area (Å²) < 4.78 is 10.6. The summed E-state index contributed by atoms with van der Waals surface area (Å²) in [7, 11) is 0. The van der Waals surface area contributed by atoms with E-state index in [9.17, 15) is 4.79 Å². The van der Waals surface area contributed by atoms with Crippen LogP contribution in [-0.4, -0.2) is 27.9 Å². The van der Waals surface area contributed by atoms with Gasteiger partial charge in [-0.15, -0.1) is 0 Å². The molecule has 0 aliphatic carbocycles. The van der Waals surface area contributed by atoms with Crippen molar-refractivity contribution in [1.29, 1.82) is 0 Å². The molecule has 1 unspecified atom stereocenters. The van der Waals surface area contributed by atoms with Crippen LogP contribution in [0.4, 0.5) is 5.69 Å². The van der Waals surface area contributed by atoms with E-state index >= 15 is 0 Å². The number of aromatic nitrogens is 2. The van der Waals surface area contributed by atoms with Gasteiger partial charge in [0.25, 0.3) is 0 Å². The Labute approximate surface area is 138 Å². The molecule has 2 heterocycles. The van der Waals surface area contributed by atoms with Crippen molar-refractivity contribution in [2.75, 3.05) is 12.1 Å². The number of benzene rings is 1. The number of nitrogens with one attached hydrogen (secondary N) is 1. The zero-order valence-electron chi connectivity index (χ0n) is 13.1. The first-order valence-electron chi connectivity index (χ1n) is 7.21. The molecule has 1 atom stereocenters. The van der Waals surface area contributed by atoms with Crippen LogP contribution in [-0.2, 0) is 4.79 Å². The first-order valence-corrected chi connectivity index (χ1v) is 8.09. The molecule has 6 nitrogen and oxygen atoms in total. The van der Waals surface area contributed by atoms with Gasteiger partial charge < -0.3 is 14.8 Å². The molecule has 1 aliphatic heterocycles. The van der Waals surface area contributed by atoms with Crippen LogP contribution >= 0.6 is 11.8 Å². The SMILES string of the molecule is Cc1cc(SC(C)C(=O)Nc2ccc3c(c2)OCO3)nc(C)n1.